The van der Waals surface area contributed by atoms with E-state index in [1.54, 1.807) is 13.8 Å². The van der Waals surface area contributed by atoms with Gasteiger partial charge in [-0.3, -0.25) is 9.59 Å². The Morgan fingerprint density at radius 2 is 1.47 bits per heavy atom. The zero-order valence-electron chi connectivity index (χ0n) is 12.0. The Morgan fingerprint density at radius 3 is 1.82 bits per heavy atom. The summed E-state index contributed by atoms with van der Waals surface area (Å²) in [7, 11) is 2.62. The van der Waals surface area contributed by atoms with Crippen molar-refractivity contribution in [3.05, 3.63) is 11.4 Å². The molecule has 0 aromatic heterocycles. The molecule has 1 aliphatic carbocycles. The van der Waals surface area contributed by atoms with Gasteiger partial charge in [0.15, 0.2) is 0 Å². The van der Waals surface area contributed by atoms with Crippen LogP contribution < -0.4 is 0 Å². The van der Waals surface area contributed by atoms with E-state index < -0.39 is 0 Å². The van der Waals surface area contributed by atoms with E-state index in [0.29, 0.717) is 0 Å². The minimum absolute atomic E-state index is 0.0817. The van der Waals surface area contributed by atoms with Gasteiger partial charge in [-0.2, -0.15) is 0 Å². The van der Waals surface area contributed by atoms with Gasteiger partial charge < -0.3 is 0 Å². The van der Waals surface area contributed by atoms with E-state index in [1.807, 2.05) is 33.8 Å². The second-order valence-electron chi connectivity index (χ2n) is 3.65. The average molecular weight is 258 g/mol. The quantitative estimate of drug-likeness (QED) is 0.701. The van der Waals surface area contributed by atoms with Crippen molar-refractivity contribution in [3.63, 3.8) is 0 Å². The lowest BCUT2D eigenvalue weighted by atomic mass is 9.78. The van der Waals surface area contributed by atoms with Crippen molar-refractivity contribution in [2.45, 2.75) is 54.4 Å². The molecule has 0 aromatic rings. The first-order valence-electron chi connectivity index (χ1n) is 6.47. The summed E-state index contributed by atoms with van der Waals surface area (Å²) >= 11 is 0. The lowest BCUT2D eigenvalue weighted by Crippen LogP contribution is -2.29. The summed E-state index contributed by atoms with van der Waals surface area (Å²) in [6, 6.07) is 0. The van der Waals surface area contributed by atoms with Crippen molar-refractivity contribution >= 4 is 20.8 Å². The fourth-order valence-corrected chi connectivity index (χ4v) is 2.19. The molecule has 1 rings (SSSR count). The summed E-state index contributed by atoms with van der Waals surface area (Å²) in [4.78, 5) is 22.5. The number of rotatable bonds is 2. The number of Topliss-reactive ketones (excluding diaryl/α,β-unsaturated/α-hetero) is 2. The Kier molecular flexibility index (Phi) is 11.8. The third kappa shape index (κ3) is 6.73. The Hall–Kier alpha value is -0.490. The highest BCUT2D eigenvalue weighted by Gasteiger charge is 2.31. The molecular weight excluding hydrogens is 231 g/mol. The Bertz CT molecular complexity index is 269. The molecule has 0 N–H and O–H groups in total. The van der Waals surface area contributed by atoms with Crippen molar-refractivity contribution < 1.29 is 9.59 Å². The van der Waals surface area contributed by atoms with Gasteiger partial charge in [0.05, 0.1) is 0 Å². The number of hydrogen-bond acceptors (Lipinski definition) is 2. The first-order chi connectivity index (χ1) is 8.02. The second kappa shape index (κ2) is 10.7. The molecule has 3 atom stereocenters. The molecule has 0 amide bonds. The molecule has 0 aromatic carbocycles. The number of ketones is 2. The number of hydrogen-bond donors (Lipinski definition) is 0. The Labute approximate surface area is 108 Å². The minimum atomic E-state index is -0.0880. The van der Waals surface area contributed by atoms with Gasteiger partial charge in [-0.1, -0.05) is 39.1 Å². The van der Waals surface area contributed by atoms with Crippen molar-refractivity contribution in [1.82, 2.24) is 0 Å². The van der Waals surface area contributed by atoms with Crippen LogP contribution in [0.5, 0.6) is 0 Å². The molecule has 1 aliphatic rings. The highest BCUT2D eigenvalue weighted by atomic mass is 31.0. The monoisotopic (exact) mass is 258 g/mol. The molecule has 0 bridgehead atoms. The van der Waals surface area contributed by atoms with Crippen LogP contribution in [0, 0.1) is 11.8 Å². The van der Waals surface area contributed by atoms with Crippen molar-refractivity contribution in [2.75, 3.05) is 0 Å². The van der Waals surface area contributed by atoms with Gasteiger partial charge in [0.25, 0.3) is 0 Å². The van der Waals surface area contributed by atoms with Gasteiger partial charge in [0.1, 0.15) is 11.6 Å². The first-order valence-corrected chi connectivity index (χ1v) is 7.05. The Morgan fingerprint density at radius 1 is 1.06 bits per heavy atom. The third-order valence-electron chi connectivity index (χ3n) is 2.62. The van der Waals surface area contributed by atoms with Crippen LogP contribution in [0.4, 0.5) is 0 Å². The molecule has 0 radical (unpaired) electrons. The van der Waals surface area contributed by atoms with Crippen LogP contribution >= 0.6 is 9.24 Å². The van der Waals surface area contributed by atoms with Crippen LogP contribution in [0.15, 0.2) is 11.4 Å². The third-order valence-corrected chi connectivity index (χ3v) is 3.09. The topological polar surface area (TPSA) is 34.1 Å². The average Bonchev–Trinajstić information content (AvgIpc) is 2.33. The lowest BCUT2D eigenvalue weighted by Gasteiger charge is -2.26. The fraction of sp³-hybridized carbons (Fsp3) is 0.714. The molecule has 3 heteroatoms. The molecule has 0 saturated carbocycles. The van der Waals surface area contributed by atoms with Crippen molar-refractivity contribution in [2.24, 2.45) is 11.8 Å². The molecule has 17 heavy (non-hydrogen) atoms. The summed E-state index contributed by atoms with van der Waals surface area (Å²) < 4.78 is 0. The summed E-state index contributed by atoms with van der Waals surface area (Å²) in [5, 5.41) is 1.15. The highest BCUT2D eigenvalue weighted by Crippen LogP contribution is 2.33. The summed E-state index contributed by atoms with van der Waals surface area (Å²) in [5.74, 6) is 0.0963. The van der Waals surface area contributed by atoms with E-state index in [2.05, 4.69) is 9.24 Å². The molecule has 2 nitrogen and oxygen atoms in total. The summed E-state index contributed by atoms with van der Waals surface area (Å²) in [5.41, 5.74) is 0. The van der Waals surface area contributed by atoms with E-state index in [-0.39, 0.29) is 23.4 Å². The molecule has 100 valence electrons. The van der Waals surface area contributed by atoms with Gasteiger partial charge in [-0.25, -0.2) is 0 Å². The highest BCUT2D eigenvalue weighted by molar-refractivity contribution is 7.22. The van der Waals surface area contributed by atoms with Crippen molar-refractivity contribution in [1.29, 1.82) is 0 Å². The first kappa shape index (κ1) is 18.9. The van der Waals surface area contributed by atoms with Crippen LogP contribution in [0.2, 0.25) is 0 Å². The van der Waals surface area contributed by atoms with Gasteiger partial charge in [-0.05, 0) is 26.7 Å². The summed E-state index contributed by atoms with van der Waals surface area (Å²) in [6.07, 6.45) is 3.48. The normalized spacial score (nSPS) is 22.2. The molecule has 0 fully saturated rings. The number of allylic oxidation sites excluding steroid dienone is 2. The Balaban J connectivity index is 0. The van der Waals surface area contributed by atoms with Crippen molar-refractivity contribution in [3.8, 4) is 0 Å². The lowest BCUT2D eigenvalue weighted by molar-refractivity contribution is -0.130. The van der Waals surface area contributed by atoms with E-state index in [0.717, 1.165) is 18.2 Å². The predicted molar refractivity (Wildman–Crippen MR) is 78.1 cm³/mol. The van der Waals surface area contributed by atoms with Crippen LogP contribution in [-0.2, 0) is 9.59 Å². The standard InChI is InChI=1S/C10H15O2P.2C2H6/c1-6(11)9-4-3-8(13)5-10(9)7(2)12;2*1-2/h3,9-10H,4-5,13H2,1-2H3;2*1-2H3. The number of carbonyl (C=O) groups is 2. The van der Waals surface area contributed by atoms with Gasteiger partial charge in [-0.15, -0.1) is 9.24 Å². The van der Waals surface area contributed by atoms with Gasteiger partial charge in [0, 0.05) is 11.8 Å². The number of carbonyl (C=O) groups excluding carboxylic acids is 2. The fourth-order valence-electron chi connectivity index (χ4n) is 1.80. The van der Waals surface area contributed by atoms with E-state index >= 15 is 0 Å². The predicted octanol–water partition coefficient (Wildman–Crippen LogP) is 4.00. The minimum Gasteiger partial charge on any atom is -0.300 e. The smallest absolute Gasteiger partial charge is 0.133 e. The van der Waals surface area contributed by atoms with E-state index in [4.69, 9.17) is 0 Å². The van der Waals surface area contributed by atoms with Crippen LogP contribution in [0.25, 0.3) is 0 Å². The zero-order chi connectivity index (χ0) is 14.0. The molecule has 0 aliphatic heterocycles. The van der Waals surface area contributed by atoms with Crippen LogP contribution in [-0.4, -0.2) is 11.6 Å². The van der Waals surface area contributed by atoms with Gasteiger partial charge >= 0.3 is 0 Å². The largest absolute Gasteiger partial charge is 0.300 e. The molecule has 0 heterocycles. The maximum absolute atomic E-state index is 11.3. The molecule has 3 unspecified atom stereocenters. The van der Waals surface area contributed by atoms with E-state index in [9.17, 15) is 9.59 Å². The van der Waals surface area contributed by atoms with E-state index in [1.165, 1.54) is 0 Å². The second-order valence-corrected chi connectivity index (χ2v) is 4.39. The zero-order valence-corrected chi connectivity index (χ0v) is 13.2. The molecule has 0 saturated heterocycles. The summed E-state index contributed by atoms with van der Waals surface area (Å²) in [6.45, 7) is 11.1. The SMILES string of the molecule is CC.CC.CC(=O)C1CC=C(P)CC1C(C)=O. The van der Waals surface area contributed by atoms with Crippen LogP contribution in [0.1, 0.15) is 54.4 Å². The molecule has 0 spiro atoms. The van der Waals surface area contributed by atoms with Crippen LogP contribution in [0.3, 0.4) is 0 Å². The molecular formula is C14H27O2P. The maximum Gasteiger partial charge on any atom is 0.133 e. The maximum atomic E-state index is 11.3. The van der Waals surface area contributed by atoms with Gasteiger partial charge in [0.2, 0.25) is 0 Å².